The number of pyridine rings is 1. The normalized spacial score (nSPS) is 11.0. The molecule has 1 N–H and O–H groups in total. The van der Waals surface area contributed by atoms with Crippen molar-refractivity contribution in [3.05, 3.63) is 47.8 Å². The van der Waals surface area contributed by atoms with E-state index in [9.17, 15) is 9.90 Å². The van der Waals surface area contributed by atoms with Crippen molar-refractivity contribution in [2.45, 2.75) is 16.7 Å². The Labute approximate surface area is 125 Å². The number of carbonyl (C=O) groups is 1. The van der Waals surface area contributed by atoms with Crippen LogP contribution in [0.15, 0.2) is 46.5 Å². The lowest BCUT2D eigenvalue weighted by molar-refractivity contribution is 0.0693. The molecular formula is C15H13N3O2S. The molecule has 0 saturated heterocycles. The highest BCUT2D eigenvalue weighted by Crippen LogP contribution is 2.35. The molecule has 3 aromatic rings. The number of carboxylic acids is 1. The van der Waals surface area contributed by atoms with Crippen LogP contribution in [0.25, 0.3) is 11.0 Å². The smallest absolute Gasteiger partial charge is 0.338 e. The lowest BCUT2D eigenvalue weighted by Crippen LogP contribution is -2.01. The van der Waals surface area contributed by atoms with Crippen LogP contribution in [0.4, 0.5) is 0 Å². The maximum Gasteiger partial charge on any atom is 0.338 e. The summed E-state index contributed by atoms with van der Waals surface area (Å²) in [4.78, 5) is 17.3. The molecule has 2 heterocycles. The van der Waals surface area contributed by atoms with Gasteiger partial charge in [-0.15, -0.1) is 0 Å². The molecule has 0 fully saturated rings. The van der Waals surface area contributed by atoms with Gasteiger partial charge in [0.05, 0.1) is 17.1 Å². The van der Waals surface area contributed by atoms with Crippen LogP contribution in [0.2, 0.25) is 0 Å². The second-order valence-electron chi connectivity index (χ2n) is 4.73. The minimum absolute atomic E-state index is 0.196. The molecule has 2 aromatic heterocycles. The molecule has 0 amide bonds. The molecule has 0 bridgehead atoms. The van der Waals surface area contributed by atoms with Gasteiger partial charge in [0.25, 0.3) is 0 Å². The van der Waals surface area contributed by atoms with E-state index in [2.05, 4.69) is 10.1 Å². The first-order valence-corrected chi connectivity index (χ1v) is 7.16. The van der Waals surface area contributed by atoms with E-state index in [1.165, 1.54) is 18.0 Å². The molecule has 0 aliphatic carbocycles. The lowest BCUT2D eigenvalue weighted by atomic mass is 10.2. The van der Waals surface area contributed by atoms with Crippen LogP contribution >= 0.6 is 11.8 Å². The number of benzene rings is 1. The second kappa shape index (κ2) is 5.21. The van der Waals surface area contributed by atoms with E-state index in [0.717, 1.165) is 15.8 Å². The summed E-state index contributed by atoms with van der Waals surface area (Å²) in [5, 5.41) is 14.3. The molecular weight excluding hydrogens is 286 g/mol. The van der Waals surface area contributed by atoms with E-state index in [1.807, 2.05) is 31.2 Å². The summed E-state index contributed by atoms with van der Waals surface area (Å²) in [6.45, 7) is 2.01. The maximum absolute atomic E-state index is 11.4. The Balaban J connectivity index is 2.18. The van der Waals surface area contributed by atoms with Gasteiger partial charge in [-0.25, -0.2) is 9.78 Å². The molecule has 5 nitrogen and oxygen atoms in total. The number of carboxylic acid groups (broad SMARTS) is 1. The van der Waals surface area contributed by atoms with Crippen LogP contribution in [-0.4, -0.2) is 25.8 Å². The molecule has 0 spiro atoms. The predicted octanol–water partition coefficient (Wildman–Crippen LogP) is 3.13. The fourth-order valence-corrected chi connectivity index (χ4v) is 3.26. The molecule has 6 heteroatoms. The lowest BCUT2D eigenvalue weighted by Gasteiger charge is -2.08. The standard InChI is InChI=1S/C15H13N3O2S/c1-9-4-3-5-10(6-9)21-13-11-8-17-18(2)14(11)16-7-12(13)15(19)20/h3-8H,1-2H3,(H,19,20). The third kappa shape index (κ3) is 2.50. The summed E-state index contributed by atoms with van der Waals surface area (Å²) in [7, 11) is 1.79. The molecule has 0 saturated carbocycles. The fraction of sp³-hybridized carbons (Fsp3) is 0.133. The number of nitrogens with zero attached hydrogens (tertiary/aromatic N) is 3. The van der Waals surface area contributed by atoms with E-state index < -0.39 is 5.97 Å². The molecule has 3 rings (SSSR count). The molecule has 0 radical (unpaired) electrons. The summed E-state index contributed by atoms with van der Waals surface area (Å²) in [5.74, 6) is -0.983. The van der Waals surface area contributed by atoms with Crippen LogP contribution < -0.4 is 0 Å². The third-order valence-electron chi connectivity index (χ3n) is 3.15. The van der Waals surface area contributed by atoms with Gasteiger partial charge in [-0.2, -0.15) is 5.10 Å². The fourth-order valence-electron chi connectivity index (χ4n) is 2.13. The van der Waals surface area contributed by atoms with Gasteiger partial charge in [-0.1, -0.05) is 29.5 Å². The van der Waals surface area contributed by atoms with E-state index in [1.54, 1.807) is 17.9 Å². The molecule has 21 heavy (non-hydrogen) atoms. The summed E-state index contributed by atoms with van der Waals surface area (Å²) in [5.41, 5.74) is 2.01. The Bertz CT molecular complexity index is 842. The van der Waals surface area contributed by atoms with Crippen molar-refractivity contribution in [1.29, 1.82) is 0 Å². The van der Waals surface area contributed by atoms with Crippen LogP contribution in [0.1, 0.15) is 15.9 Å². The first-order chi connectivity index (χ1) is 10.1. The average molecular weight is 299 g/mol. The molecule has 0 atom stereocenters. The minimum atomic E-state index is -0.983. The first-order valence-electron chi connectivity index (χ1n) is 6.35. The van der Waals surface area contributed by atoms with Gasteiger partial charge < -0.3 is 5.11 Å². The molecule has 106 valence electrons. The first kappa shape index (κ1) is 13.6. The minimum Gasteiger partial charge on any atom is -0.478 e. The highest BCUT2D eigenvalue weighted by molar-refractivity contribution is 7.99. The summed E-state index contributed by atoms with van der Waals surface area (Å²) in [6.07, 6.45) is 3.05. The number of aryl methyl sites for hydroxylation is 2. The van der Waals surface area contributed by atoms with Crippen molar-refractivity contribution in [2.24, 2.45) is 7.05 Å². The predicted molar refractivity (Wildman–Crippen MR) is 80.8 cm³/mol. The number of aromatic carboxylic acids is 1. The van der Waals surface area contributed by atoms with Gasteiger partial charge in [0, 0.05) is 23.0 Å². The number of rotatable bonds is 3. The Morgan fingerprint density at radius 1 is 1.33 bits per heavy atom. The van der Waals surface area contributed by atoms with E-state index >= 15 is 0 Å². The summed E-state index contributed by atoms with van der Waals surface area (Å²) in [6, 6.07) is 7.96. The zero-order valence-corrected chi connectivity index (χ0v) is 12.4. The van der Waals surface area contributed by atoms with Crippen molar-refractivity contribution in [1.82, 2.24) is 14.8 Å². The molecule has 1 aromatic carbocycles. The number of hydrogen-bond donors (Lipinski definition) is 1. The van der Waals surface area contributed by atoms with Gasteiger partial charge in [-0.3, -0.25) is 4.68 Å². The maximum atomic E-state index is 11.4. The topological polar surface area (TPSA) is 68.0 Å². The van der Waals surface area contributed by atoms with Gasteiger partial charge in [0.1, 0.15) is 0 Å². The second-order valence-corrected chi connectivity index (χ2v) is 5.81. The Hall–Kier alpha value is -2.34. The quantitative estimate of drug-likeness (QED) is 0.804. The highest BCUT2D eigenvalue weighted by atomic mass is 32.2. The average Bonchev–Trinajstić information content (AvgIpc) is 2.81. The SMILES string of the molecule is Cc1cccc(Sc2c(C(=O)O)cnc3c2cnn3C)c1. The zero-order valence-electron chi connectivity index (χ0n) is 11.6. The van der Waals surface area contributed by atoms with Crippen molar-refractivity contribution in [2.75, 3.05) is 0 Å². The Morgan fingerprint density at radius 3 is 2.86 bits per heavy atom. The van der Waals surface area contributed by atoms with Crippen molar-refractivity contribution < 1.29 is 9.90 Å². The molecule has 0 unspecified atom stereocenters. The summed E-state index contributed by atoms with van der Waals surface area (Å²) < 4.78 is 1.64. The van der Waals surface area contributed by atoms with Gasteiger partial charge in [0.15, 0.2) is 5.65 Å². The summed E-state index contributed by atoms with van der Waals surface area (Å²) >= 11 is 1.43. The van der Waals surface area contributed by atoms with Gasteiger partial charge in [-0.05, 0) is 19.1 Å². The van der Waals surface area contributed by atoms with Gasteiger partial charge >= 0.3 is 5.97 Å². The van der Waals surface area contributed by atoms with Gasteiger partial charge in [0.2, 0.25) is 0 Å². The molecule has 0 aliphatic heterocycles. The van der Waals surface area contributed by atoms with Crippen molar-refractivity contribution in [3.63, 3.8) is 0 Å². The third-order valence-corrected chi connectivity index (χ3v) is 4.29. The number of aromatic nitrogens is 3. The van der Waals surface area contributed by atoms with E-state index in [-0.39, 0.29) is 5.56 Å². The monoisotopic (exact) mass is 299 g/mol. The van der Waals surface area contributed by atoms with Crippen LogP contribution in [-0.2, 0) is 7.05 Å². The highest BCUT2D eigenvalue weighted by Gasteiger charge is 2.17. The van der Waals surface area contributed by atoms with Crippen LogP contribution in [0.3, 0.4) is 0 Å². The van der Waals surface area contributed by atoms with Crippen LogP contribution in [0, 0.1) is 6.92 Å². The number of hydrogen-bond acceptors (Lipinski definition) is 4. The van der Waals surface area contributed by atoms with Crippen LogP contribution in [0.5, 0.6) is 0 Å². The largest absolute Gasteiger partial charge is 0.478 e. The Kier molecular flexibility index (Phi) is 3.39. The molecule has 0 aliphatic rings. The Morgan fingerprint density at radius 2 is 2.14 bits per heavy atom. The number of fused-ring (bicyclic) bond motifs is 1. The van der Waals surface area contributed by atoms with E-state index in [4.69, 9.17) is 0 Å². The van der Waals surface area contributed by atoms with Crippen molar-refractivity contribution in [3.8, 4) is 0 Å². The van der Waals surface area contributed by atoms with Crippen molar-refractivity contribution >= 4 is 28.8 Å². The van der Waals surface area contributed by atoms with E-state index in [0.29, 0.717) is 10.5 Å². The zero-order chi connectivity index (χ0) is 15.0.